The molecule has 8 heteroatoms. The quantitative estimate of drug-likeness (QED) is 0.564. The van der Waals surface area contributed by atoms with E-state index in [1.807, 2.05) is 12.1 Å². The van der Waals surface area contributed by atoms with Crippen LogP contribution >= 0.6 is 23.2 Å². The Morgan fingerprint density at radius 3 is 2.62 bits per heavy atom. The summed E-state index contributed by atoms with van der Waals surface area (Å²) < 4.78 is 5.11. The van der Waals surface area contributed by atoms with Crippen LogP contribution < -0.4 is 15.0 Å². The molecule has 2 aromatic carbocycles. The van der Waals surface area contributed by atoms with Gasteiger partial charge in [0.05, 0.1) is 28.5 Å². The van der Waals surface area contributed by atoms with Crippen LogP contribution in [-0.2, 0) is 16.0 Å². The first-order chi connectivity index (χ1) is 13.8. The summed E-state index contributed by atoms with van der Waals surface area (Å²) >= 11 is 12.1. The van der Waals surface area contributed by atoms with Gasteiger partial charge in [0, 0.05) is 36.1 Å². The van der Waals surface area contributed by atoms with Crippen LogP contribution in [0.2, 0.25) is 10.0 Å². The normalized spacial score (nSPS) is 17.6. The summed E-state index contributed by atoms with van der Waals surface area (Å²) in [6, 6.07) is 10.6. The van der Waals surface area contributed by atoms with Gasteiger partial charge >= 0.3 is 5.97 Å². The largest absolute Gasteiger partial charge is 0.426 e. The zero-order valence-corrected chi connectivity index (χ0v) is 17.1. The van der Waals surface area contributed by atoms with Crippen LogP contribution in [0.25, 0.3) is 0 Å². The van der Waals surface area contributed by atoms with Gasteiger partial charge in [-0.05, 0) is 37.1 Å². The van der Waals surface area contributed by atoms with E-state index in [1.54, 1.807) is 24.3 Å². The Morgan fingerprint density at radius 1 is 1.14 bits per heavy atom. The molecule has 2 N–H and O–H groups in total. The van der Waals surface area contributed by atoms with E-state index in [9.17, 15) is 14.7 Å². The van der Waals surface area contributed by atoms with Crippen LogP contribution in [0.5, 0.6) is 5.75 Å². The third-order valence-electron chi connectivity index (χ3n) is 5.36. The van der Waals surface area contributed by atoms with Crippen LogP contribution in [0.15, 0.2) is 36.4 Å². The van der Waals surface area contributed by atoms with Crippen LogP contribution in [0, 0.1) is 0 Å². The smallest absolute Gasteiger partial charge is 0.315 e. The van der Waals surface area contributed by atoms with Crippen molar-refractivity contribution in [1.29, 1.82) is 0 Å². The molecule has 0 radical (unpaired) electrons. The van der Waals surface area contributed by atoms with Gasteiger partial charge in [-0.15, -0.1) is 0 Å². The van der Waals surface area contributed by atoms with E-state index >= 15 is 0 Å². The van der Waals surface area contributed by atoms with Crippen molar-refractivity contribution in [2.24, 2.45) is 0 Å². The molecule has 1 saturated heterocycles. The number of halogens is 2. The maximum atomic E-state index is 12.5. The van der Waals surface area contributed by atoms with Gasteiger partial charge in [0.2, 0.25) is 5.91 Å². The van der Waals surface area contributed by atoms with E-state index in [0.29, 0.717) is 47.4 Å². The molecule has 6 nitrogen and oxygen atoms in total. The Labute approximate surface area is 178 Å². The third-order valence-corrected chi connectivity index (χ3v) is 6.10. The minimum Gasteiger partial charge on any atom is -0.426 e. The number of amides is 1. The summed E-state index contributed by atoms with van der Waals surface area (Å²) in [7, 11) is 0. The van der Waals surface area contributed by atoms with Gasteiger partial charge in [-0.2, -0.15) is 0 Å². The predicted molar refractivity (Wildman–Crippen MR) is 112 cm³/mol. The molecule has 0 bridgehead atoms. The molecule has 0 spiro atoms. The van der Waals surface area contributed by atoms with E-state index in [1.165, 1.54) is 0 Å². The summed E-state index contributed by atoms with van der Waals surface area (Å²) in [5.74, 6) is -0.104. The molecular formula is C21H20Cl2N2O4. The third kappa shape index (κ3) is 4.50. The van der Waals surface area contributed by atoms with Crippen LogP contribution in [-0.4, -0.2) is 35.7 Å². The molecule has 2 aromatic rings. The number of rotatable bonds is 4. The molecule has 0 saturated carbocycles. The summed E-state index contributed by atoms with van der Waals surface area (Å²) in [6.07, 6.45) is 1.17. The zero-order valence-electron chi connectivity index (χ0n) is 15.6. The first kappa shape index (κ1) is 20.0. The Balaban J connectivity index is 1.34. The first-order valence-electron chi connectivity index (χ1n) is 9.37. The fourth-order valence-electron chi connectivity index (χ4n) is 3.73. The van der Waals surface area contributed by atoms with Crippen molar-refractivity contribution >= 4 is 46.5 Å². The van der Waals surface area contributed by atoms with Crippen molar-refractivity contribution in [3.8, 4) is 5.75 Å². The highest BCUT2D eigenvalue weighted by atomic mass is 35.5. The molecule has 4 rings (SSSR count). The minimum absolute atomic E-state index is 0.000906. The van der Waals surface area contributed by atoms with Gasteiger partial charge in [-0.3, -0.25) is 9.59 Å². The SMILES string of the molecule is O=C(CC1(O)CCN(c2ccc(Cl)c(Cl)c2)CC1)Nc1ccc2c(c1)OC(=O)C2. The maximum absolute atomic E-state index is 12.5. The second-order valence-corrected chi connectivity index (χ2v) is 8.32. The van der Waals surface area contributed by atoms with Crippen molar-refractivity contribution in [3.05, 3.63) is 52.0 Å². The van der Waals surface area contributed by atoms with E-state index < -0.39 is 5.60 Å². The van der Waals surface area contributed by atoms with Gasteiger partial charge in [0.15, 0.2) is 0 Å². The monoisotopic (exact) mass is 434 g/mol. The highest BCUT2D eigenvalue weighted by Gasteiger charge is 2.34. The van der Waals surface area contributed by atoms with E-state index in [2.05, 4.69) is 10.2 Å². The van der Waals surface area contributed by atoms with Gasteiger partial charge in [0.25, 0.3) is 0 Å². The molecule has 1 fully saturated rings. The molecule has 0 aliphatic carbocycles. The number of carbonyl (C=O) groups excluding carboxylic acids is 2. The van der Waals surface area contributed by atoms with Crippen molar-refractivity contribution in [3.63, 3.8) is 0 Å². The van der Waals surface area contributed by atoms with Crippen molar-refractivity contribution in [2.75, 3.05) is 23.3 Å². The lowest BCUT2D eigenvalue weighted by Gasteiger charge is -2.39. The number of carbonyl (C=O) groups is 2. The number of esters is 1. The van der Waals surface area contributed by atoms with Gasteiger partial charge in [-0.1, -0.05) is 29.3 Å². The molecule has 1 amide bonds. The standard InChI is InChI=1S/C21H20Cl2N2O4/c22-16-4-3-15(11-17(16)23)25-7-5-21(28,6-8-25)12-19(26)24-14-2-1-13-9-20(27)29-18(13)10-14/h1-4,10-11,28H,5-9,12H2,(H,24,26). The van der Waals surface area contributed by atoms with Crippen LogP contribution in [0.1, 0.15) is 24.8 Å². The minimum atomic E-state index is -1.07. The highest BCUT2D eigenvalue weighted by Crippen LogP contribution is 2.33. The fourth-order valence-corrected chi connectivity index (χ4v) is 4.02. The first-order valence-corrected chi connectivity index (χ1v) is 10.1. The number of hydrogen-bond donors (Lipinski definition) is 2. The summed E-state index contributed by atoms with van der Waals surface area (Å²) in [6.45, 7) is 1.22. The summed E-state index contributed by atoms with van der Waals surface area (Å²) in [5.41, 5.74) is 1.22. The number of benzene rings is 2. The molecular weight excluding hydrogens is 415 g/mol. The molecule has 0 aromatic heterocycles. The van der Waals surface area contributed by atoms with Crippen molar-refractivity contribution < 1.29 is 19.4 Å². The molecule has 2 aliphatic rings. The van der Waals surface area contributed by atoms with Gasteiger partial charge in [0.1, 0.15) is 5.75 Å². The number of aliphatic hydroxyl groups is 1. The van der Waals surface area contributed by atoms with E-state index in [0.717, 1.165) is 11.3 Å². The average Bonchev–Trinajstić information content (AvgIpc) is 3.03. The Bertz CT molecular complexity index is 971. The van der Waals surface area contributed by atoms with Crippen molar-refractivity contribution in [2.45, 2.75) is 31.3 Å². The van der Waals surface area contributed by atoms with Crippen LogP contribution in [0.4, 0.5) is 11.4 Å². The van der Waals surface area contributed by atoms with Crippen molar-refractivity contribution in [1.82, 2.24) is 0 Å². The molecule has 0 atom stereocenters. The average molecular weight is 435 g/mol. The van der Waals surface area contributed by atoms with E-state index in [-0.39, 0.29) is 24.7 Å². The summed E-state index contributed by atoms with van der Waals surface area (Å²) in [5, 5.41) is 14.6. The number of anilines is 2. The van der Waals surface area contributed by atoms with E-state index in [4.69, 9.17) is 27.9 Å². The Hall–Kier alpha value is -2.28. The maximum Gasteiger partial charge on any atom is 0.315 e. The van der Waals surface area contributed by atoms with Gasteiger partial charge in [-0.25, -0.2) is 0 Å². The van der Waals surface area contributed by atoms with Crippen LogP contribution in [0.3, 0.4) is 0 Å². The number of hydrogen-bond acceptors (Lipinski definition) is 5. The number of nitrogens with zero attached hydrogens (tertiary/aromatic N) is 1. The Morgan fingerprint density at radius 2 is 1.90 bits per heavy atom. The molecule has 0 unspecified atom stereocenters. The lowest BCUT2D eigenvalue weighted by atomic mass is 9.87. The second kappa shape index (κ2) is 7.86. The number of fused-ring (bicyclic) bond motifs is 1. The predicted octanol–water partition coefficient (Wildman–Crippen LogP) is 3.82. The lowest BCUT2D eigenvalue weighted by molar-refractivity contribution is -0.131. The molecule has 2 aliphatic heterocycles. The second-order valence-electron chi connectivity index (χ2n) is 7.51. The Kier molecular flexibility index (Phi) is 5.42. The number of piperidine rings is 1. The zero-order chi connectivity index (χ0) is 20.6. The molecule has 152 valence electrons. The highest BCUT2D eigenvalue weighted by molar-refractivity contribution is 6.42. The number of ether oxygens (including phenoxy) is 1. The lowest BCUT2D eigenvalue weighted by Crippen LogP contribution is -2.46. The topological polar surface area (TPSA) is 78.9 Å². The molecule has 2 heterocycles. The fraction of sp³-hybridized carbons (Fsp3) is 0.333. The molecule has 29 heavy (non-hydrogen) atoms. The number of nitrogens with one attached hydrogen (secondary N) is 1. The van der Waals surface area contributed by atoms with Gasteiger partial charge < -0.3 is 20.1 Å². The summed E-state index contributed by atoms with van der Waals surface area (Å²) in [4.78, 5) is 25.9.